The van der Waals surface area contributed by atoms with Crippen LogP contribution in [0.5, 0.6) is 0 Å². The summed E-state index contributed by atoms with van der Waals surface area (Å²) in [5, 5.41) is 3.92. The van der Waals surface area contributed by atoms with Crippen molar-refractivity contribution in [3.05, 3.63) is 69.8 Å². The van der Waals surface area contributed by atoms with Crippen molar-refractivity contribution in [1.29, 1.82) is 0 Å². The van der Waals surface area contributed by atoms with Crippen LogP contribution in [0.15, 0.2) is 53.0 Å². The molecule has 1 aliphatic rings. The van der Waals surface area contributed by atoms with E-state index in [0.29, 0.717) is 6.04 Å². The van der Waals surface area contributed by atoms with Gasteiger partial charge in [-0.1, -0.05) is 46.3 Å². The molecule has 1 aromatic heterocycles. The molecule has 2 aromatic carbocycles. The molecule has 0 saturated heterocycles. The van der Waals surface area contributed by atoms with Crippen LogP contribution in [0.3, 0.4) is 0 Å². The number of nitrogens with one attached hydrogen (secondary N) is 1. The lowest BCUT2D eigenvalue weighted by Gasteiger charge is -2.21. The predicted molar refractivity (Wildman–Crippen MR) is 98.6 cm³/mol. The highest BCUT2D eigenvalue weighted by Gasteiger charge is 2.26. The van der Waals surface area contributed by atoms with Crippen molar-refractivity contribution >= 4 is 26.8 Å². The van der Waals surface area contributed by atoms with E-state index in [1.807, 2.05) is 0 Å². The first-order valence-corrected chi connectivity index (χ1v) is 9.28. The van der Waals surface area contributed by atoms with Crippen molar-refractivity contribution in [2.45, 2.75) is 31.7 Å². The van der Waals surface area contributed by atoms with Crippen LogP contribution in [0, 0.1) is 0 Å². The molecular formula is C20H22BrN2+. The normalized spacial score (nSPS) is 17.3. The summed E-state index contributed by atoms with van der Waals surface area (Å²) in [7, 11) is 0. The van der Waals surface area contributed by atoms with Crippen molar-refractivity contribution in [3.8, 4) is 0 Å². The molecule has 1 heterocycles. The summed E-state index contributed by atoms with van der Waals surface area (Å²) in [6.07, 6.45) is 4.90. The Morgan fingerprint density at radius 1 is 1.13 bits per heavy atom. The third-order valence-corrected chi connectivity index (χ3v) is 5.43. The lowest BCUT2D eigenvalue weighted by Crippen LogP contribution is -2.86. The Hall–Kier alpha value is -1.58. The molecule has 118 valence electrons. The van der Waals surface area contributed by atoms with Crippen LogP contribution in [0.25, 0.3) is 10.9 Å². The van der Waals surface area contributed by atoms with Gasteiger partial charge in [-0.15, -0.1) is 0 Å². The Balaban J connectivity index is 1.52. The van der Waals surface area contributed by atoms with Gasteiger partial charge in [0.2, 0.25) is 0 Å². The summed E-state index contributed by atoms with van der Waals surface area (Å²) >= 11 is 3.61. The number of benzene rings is 2. The van der Waals surface area contributed by atoms with Crippen molar-refractivity contribution in [2.75, 3.05) is 6.54 Å². The molecular weight excluding hydrogens is 348 g/mol. The van der Waals surface area contributed by atoms with E-state index in [1.54, 1.807) is 0 Å². The summed E-state index contributed by atoms with van der Waals surface area (Å²) < 4.78 is 1.17. The van der Waals surface area contributed by atoms with Gasteiger partial charge < -0.3 is 10.3 Å². The second kappa shape index (κ2) is 6.50. The van der Waals surface area contributed by atoms with Gasteiger partial charge in [0.05, 0.1) is 12.2 Å². The van der Waals surface area contributed by atoms with Gasteiger partial charge in [-0.3, -0.25) is 0 Å². The van der Waals surface area contributed by atoms with Crippen LogP contribution in [-0.2, 0) is 12.8 Å². The van der Waals surface area contributed by atoms with Gasteiger partial charge in [-0.05, 0) is 42.2 Å². The molecule has 0 saturated carbocycles. The Kier molecular flexibility index (Phi) is 4.23. The van der Waals surface area contributed by atoms with Crippen LogP contribution in [0.2, 0.25) is 0 Å². The molecule has 4 rings (SSSR count). The van der Waals surface area contributed by atoms with E-state index in [1.165, 1.54) is 51.5 Å². The number of halogens is 1. The van der Waals surface area contributed by atoms with Gasteiger partial charge in [-0.25, -0.2) is 0 Å². The largest absolute Gasteiger partial charge is 0.353 e. The van der Waals surface area contributed by atoms with E-state index in [-0.39, 0.29) is 0 Å². The minimum atomic E-state index is 0.577. The lowest BCUT2D eigenvalue weighted by atomic mass is 9.91. The van der Waals surface area contributed by atoms with Crippen molar-refractivity contribution in [1.82, 2.24) is 4.98 Å². The van der Waals surface area contributed by atoms with Crippen LogP contribution in [0.4, 0.5) is 0 Å². The van der Waals surface area contributed by atoms with E-state index in [0.717, 1.165) is 13.0 Å². The SMILES string of the molecule is Brc1ccc2[nH]c3c(c2c1)CCC[C@H]3[NH2+]CCc1ccccc1. The van der Waals surface area contributed by atoms with Crippen molar-refractivity contribution in [2.24, 2.45) is 0 Å². The molecule has 23 heavy (non-hydrogen) atoms. The predicted octanol–water partition coefficient (Wildman–Crippen LogP) is 4.11. The summed E-state index contributed by atoms with van der Waals surface area (Å²) in [5.41, 5.74) is 5.70. The average Bonchev–Trinajstić information content (AvgIpc) is 2.95. The first kappa shape index (κ1) is 15.0. The lowest BCUT2D eigenvalue weighted by molar-refractivity contribution is -0.697. The maximum Gasteiger partial charge on any atom is 0.127 e. The molecule has 0 spiro atoms. The Labute approximate surface area is 145 Å². The second-order valence-electron chi connectivity index (χ2n) is 6.47. The van der Waals surface area contributed by atoms with Crippen molar-refractivity contribution in [3.63, 3.8) is 0 Å². The third-order valence-electron chi connectivity index (χ3n) is 4.94. The van der Waals surface area contributed by atoms with Crippen molar-refractivity contribution < 1.29 is 5.32 Å². The van der Waals surface area contributed by atoms with Gasteiger partial charge in [0.15, 0.2) is 0 Å². The fourth-order valence-corrected chi connectivity index (χ4v) is 4.16. The molecule has 1 aliphatic carbocycles. The van der Waals surface area contributed by atoms with Gasteiger partial charge in [0.25, 0.3) is 0 Å². The number of aromatic amines is 1. The molecule has 2 nitrogen and oxygen atoms in total. The van der Waals surface area contributed by atoms with Crippen LogP contribution < -0.4 is 5.32 Å². The maximum absolute atomic E-state index is 3.69. The van der Waals surface area contributed by atoms with E-state index >= 15 is 0 Å². The third kappa shape index (κ3) is 3.08. The first-order valence-electron chi connectivity index (χ1n) is 8.48. The molecule has 0 radical (unpaired) electrons. The molecule has 1 atom stereocenters. The molecule has 0 aliphatic heterocycles. The first-order chi connectivity index (χ1) is 11.3. The number of H-pyrrole nitrogens is 1. The summed E-state index contributed by atoms with van der Waals surface area (Å²) in [4.78, 5) is 3.69. The van der Waals surface area contributed by atoms with E-state index in [2.05, 4.69) is 74.8 Å². The average molecular weight is 370 g/mol. The minimum Gasteiger partial charge on any atom is -0.353 e. The molecule has 3 N–H and O–H groups in total. The topological polar surface area (TPSA) is 32.4 Å². The van der Waals surface area contributed by atoms with Crippen LogP contribution >= 0.6 is 15.9 Å². The number of fused-ring (bicyclic) bond motifs is 3. The summed E-state index contributed by atoms with van der Waals surface area (Å²) in [5.74, 6) is 0. The maximum atomic E-state index is 3.69. The highest BCUT2D eigenvalue weighted by molar-refractivity contribution is 9.10. The zero-order chi connectivity index (χ0) is 15.6. The van der Waals surface area contributed by atoms with Crippen LogP contribution in [0.1, 0.15) is 35.7 Å². The van der Waals surface area contributed by atoms with Gasteiger partial charge in [0.1, 0.15) is 6.04 Å². The molecule has 3 aromatic rings. The number of quaternary nitrogens is 1. The monoisotopic (exact) mass is 369 g/mol. The number of hydrogen-bond donors (Lipinski definition) is 2. The van der Waals surface area contributed by atoms with Gasteiger partial charge >= 0.3 is 0 Å². The standard InChI is InChI=1S/C20H21BrN2/c21-15-9-10-18-17(13-15)16-7-4-8-19(20(16)23-18)22-12-11-14-5-2-1-3-6-14/h1-3,5-6,9-10,13,19,22-23H,4,7-8,11-12H2/p+1/t19-/m1/s1. The number of nitrogens with two attached hydrogens (primary N) is 1. The van der Waals surface area contributed by atoms with E-state index in [4.69, 9.17) is 0 Å². The Bertz CT molecular complexity index is 807. The van der Waals surface area contributed by atoms with Crippen LogP contribution in [-0.4, -0.2) is 11.5 Å². The molecule has 0 fully saturated rings. The van der Waals surface area contributed by atoms with Gasteiger partial charge in [-0.2, -0.15) is 0 Å². The Morgan fingerprint density at radius 3 is 2.87 bits per heavy atom. The van der Waals surface area contributed by atoms with E-state index in [9.17, 15) is 0 Å². The quantitative estimate of drug-likeness (QED) is 0.693. The Morgan fingerprint density at radius 2 is 2.00 bits per heavy atom. The summed E-state index contributed by atoms with van der Waals surface area (Å²) in [6.45, 7) is 1.15. The number of aryl methyl sites for hydroxylation is 1. The fourth-order valence-electron chi connectivity index (χ4n) is 3.80. The smallest absolute Gasteiger partial charge is 0.127 e. The molecule has 3 heteroatoms. The van der Waals surface area contributed by atoms with E-state index < -0.39 is 0 Å². The molecule has 0 unspecified atom stereocenters. The zero-order valence-electron chi connectivity index (χ0n) is 13.2. The molecule has 0 bridgehead atoms. The number of hydrogen-bond acceptors (Lipinski definition) is 0. The fraction of sp³-hybridized carbons (Fsp3) is 0.300. The molecule has 0 amide bonds. The highest BCUT2D eigenvalue weighted by Crippen LogP contribution is 2.34. The second-order valence-corrected chi connectivity index (χ2v) is 7.38. The number of aromatic nitrogens is 1. The minimum absolute atomic E-state index is 0.577. The summed E-state index contributed by atoms with van der Waals surface area (Å²) in [6, 6.07) is 17.9. The highest BCUT2D eigenvalue weighted by atomic mass is 79.9. The zero-order valence-corrected chi connectivity index (χ0v) is 14.8. The van der Waals surface area contributed by atoms with Gasteiger partial charge in [0, 0.05) is 28.2 Å². The number of rotatable bonds is 4.